The van der Waals surface area contributed by atoms with Gasteiger partial charge >= 0.3 is 11.9 Å². The van der Waals surface area contributed by atoms with Crippen molar-refractivity contribution >= 4 is 11.9 Å². The van der Waals surface area contributed by atoms with Crippen LogP contribution in [0, 0.1) is 12.3 Å². The number of benzene rings is 1. The Bertz CT molecular complexity index is 481. The highest BCUT2D eigenvalue weighted by Gasteiger charge is 2.47. The smallest absolute Gasteiger partial charge is 0.323 e. The van der Waals surface area contributed by atoms with Gasteiger partial charge in [-0.05, 0) is 37.8 Å². The molecule has 0 fully saturated rings. The second-order valence-corrected chi connectivity index (χ2v) is 4.96. The number of carbonyl (C=O) groups is 2. The molecule has 0 saturated heterocycles. The molecule has 0 heterocycles. The van der Waals surface area contributed by atoms with Crippen LogP contribution in [0.4, 0.5) is 0 Å². The van der Waals surface area contributed by atoms with Gasteiger partial charge in [-0.1, -0.05) is 37.6 Å². The molecule has 0 bridgehead atoms. The van der Waals surface area contributed by atoms with Crippen LogP contribution < -0.4 is 0 Å². The van der Waals surface area contributed by atoms with Crippen molar-refractivity contribution in [3.8, 4) is 0 Å². The molecule has 0 radical (unpaired) electrons. The van der Waals surface area contributed by atoms with Gasteiger partial charge < -0.3 is 9.84 Å². The fourth-order valence-corrected chi connectivity index (χ4v) is 2.36. The van der Waals surface area contributed by atoms with Crippen LogP contribution in [-0.4, -0.2) is 23.7 Å². The largest absolute Gasteiger partial charge is 0.480 e. The van der Waals surface area contributed by atoms with Gasteiger partial charge in [0.15, 0.2) is 5.41 Å². The Kier molecular flexibility index (Phi) is 5.74. The molecule has 0 spiro atoms. The number of rotatable bonds is 7. The first-order valence-corrected chi connectivity index (χ1v) is 6.93. The second-order valence-electron chi connectivity index (χ2n) is 4.96. The zero-order valence-electron chi connectivity index (χ0n) is 12.3. The lowest BCUT2D eigenvalue weighted by Gasteiger charge is -2.27. The number of carboxylic acid groups (broad SMARTS) is 1. The number of ether oxygens (including phenoxy) is 1. The lowest BCUT2D eigenvalue weighted by atomic mass is 9.77. The van der Waals surface area contributed by atoms with Gasteiger partial charge in [-0.3, -0.25) is 9.59 Å². The van der Waals surface area contributed by atoms with Crippen molar-refractivity contribution in [2.24, 2.45) is 5.41 Å². The first-order chi connectivity index (χ1) is 9.47. The fraction of sp³-hybridized carbons (Fsp3) is 0.500. The molecule has 1 unspecified atom stereocenters. The van der Waals surface area contributed by atoms with Crippen molar-refractivity contribution in [2.75, 3.05) is 6.61 Å². The highest BCUT2D eigenvalue weighted by atomic mass is 16.5. The van der Waals surface area contributed by atoms with Gasteiger partial charge in [0.2, 0.25) is 0 Å². The molecule has 0 aliphatic rings. The summed E-state index contributed by atoms with van der Waals surface area (Å²) < 4.78 is 5.01. The average molecular weight is 278 g/mol. The van der Waals surface area contributed by atoms with E-state index in [1.807, 2.05) is 38.1 Å². The lowest BCUT2D eigenvalue weighted by molar-refractivity contribution is -0.169. The number of hydrogen-bond donors (Lipinski definition) is 1. The highest BCUT2D eigenvalue weighted by Crippen LogP contribution is 2.32. The Morgan fingerprint density at radius 3 is 2.40 bits per heavy atom. The van der Waals surface area contributed by atoms with Crippen molar-refractivity contribution < 1.29 is 19.4 Å². The molecule has 0 amide bonds. The van der Waals surface area contributed by atoms with Crippen molar-refractivity contribution in [1.82, 2.24) is 0 Å². The molecule has 1 N–H and O–H groups in total. The van der Waals surface area contributed by atoms with Crippen LogP contribution in [-0.2, 0) is 20.7 Å². The van der Waals surface area contributed by atoms with E-state index in [1.54, 1.807) is 6.92 Å². The van der Waals surface area contributed by atoms with Crippen LogP contribution in [0.5, 0.6) is 0 Å². The molecule has 0 saturated carbocycles. The third-order valence-electron chi connectivity index (χ3n) is 3.51. The quantitative estimate of drug-likeness (QED) is 0.615. The summed E-state index contributed by atoms with van der Waals surface area (Å²) >= 11 is 0. The second kappa shape index (κ2) is 7.08. The van der Waals surface area contributed by atoms with Gasteiger partial charge in [-0.2, -0.15) is 0 Å². The van der Waals surface area contributed by atoms with Crippen LogP contribution in [0.25, 0.3) is 0 Å². The average Bonchev–Trinajstić information content (AvgIpc) is 2.40. The van der Waals surface area contributed by atoms with Crippen LogP contribution in [0.1, 0.15) is 37.8 Å². The van der Waals surface area contributed by atoms with Crippen LogP contribution >= 0.6 is 0 Å². The topological polar surface area (TPSA) is 63.6 Å². The molecule has 1 aromatic rings. The van der Waals surface area contributed by atoms with Gasteiger partial charge in [-0.25, -0.2) is 0 Å². The summed E-state index contributed by atoms with van der Waals surface area (Å²) in [6.07, 6.45) is 1.05. The molecular formula is C16H22O4. The molecule has 110 valence electrons. The summed E-state index contributed by atoms with van der Waals surface area (Å²) in [5.41, 5.74) is 0.367. The molecule has 1 atom stereocenters. The van der Waals surface area contributed by atoms with E-state index in [9.17, 15) is 14.7 Å². The number of carbonyl (C=O) groups excluding carboxylic acids is 1. The summed E-state index contributed by atoms with van der Waals surface area (Å²) in [5.74, 6) is -1.75. The molecule has 0 aliphatic carbocycles. The Morgan fingerprint density at radius 2 is 1.90 bits per heavy atom. The molecule has 4 heteroatoms. The first-order valence-electron chi connectivity index (χ1n) is 6.93. The first kappa shape index (κ1) is 16.2. The minimum absolute atomic E-state index is 0.168. The van der Waals surface area contributed by atoms with E-state index in [4.69, 9.17) is 4.74 Å². The van der Waals surface area contributed by atoms with Crippen LogP contribution in [0.15, 0.2) is 24.3 Å². The van der Waals surface area contributed by atoms with E-state index >= 15 is 0 Å². The summed E-state index contributed by atoms with van der Waals surface area (Å²) in [5, 5.41) is 9.60. The van der Waals surface area contributed by atoms with Gasteiger partial charge in [-0.15, -0.1) is 0 Å². The maximum Gasteiger partial charge on any atom is 0.323 e. The lowest BCUT2D eigenvalue weighted by Crippen LogP contribution is -2.42. The number of aryl methyl sites for hydroxylation is 1. The summed E-state index contributed by atoms with van der Waals surface area (Å²) in [6, 6.07) is 7.53. The van der Waals surface area contributed by atoms with E-state index in [2.05, 4.69) is 0 Å². The Morgan fingerprint density at radius 1 is 1.25 bits per heavy atom. The Hall–Kier alpha value is -1.84. The van der Waals surface area contributed by atoms with Crippen molar-refractivity contribution in [2.45, 2.75) is 40.0 Å². The van der Waals surface area contributed by atoms with Crippen molar-refractivity contribution in [1.29, 1.82) is 0 Å². The summed E-state index contributed by atoms with van der Waals surface area (Å²) in [4.78, 5) is 24.0. The van der Waals surface area contributed by atoms with Gasteiger partial charge in [0.25, 0.3) is 0 Å². The standard InChI is InChI=1S/C16H22O4/c1-4-10-16(14(17)18,15(19)20-5-2)11-13-9-7-6-8-12(13)3/h6-9H,4-5,10-11H2,1-3H3,(H,17,18). The molecule has 0 aromatic heterocycles. The zero-order chi connectivity index (χ0) is 15.2. The Labute approximate surface area is 119 Å². The SMILES string of the molecule is CCCC(Cc1ccccc1C)(C(=O)O)C(=O)OCC. The van der Waals surface area contributed by atoms with E-state index in [0.29, 0.717) is 6.42 Å². The zero-order valence-corrected chi connectivity index (χ0v) is 12.3. The van der Waals surface area contributed by atoms with Crippen LogP contribution in [0.3, 0.4) is 0 Å². The Balaban J connectivity index is 3.19. The molecule has 4 nitrogen and oxygen atoms in total. The summed E-state index contributed by atoms with van der Waals surface area (Å²) in [7, 11) is 0. The summed E-state index contributed by atoms with van der Waals surface area (Å²) in [6.45, 7) is 5.66. The van der Waals surface area contributed by atoms with E-state index in [1.165, 1.54) is 0 Å². The normalized spacial score (nSPS) is 13.6. The predicted octanol–water partition coefficient (Wildman–Crippen LogP) is 2.97. The minimum Gasteiger partial charge on any atom is -0.480 e. The molecule has 1 aromatic carbocycles. The number of esters is 1. The fourth-order valence-electron chi connectivity index (χ4n) is 2.36. The molecule has 20 heavy (non-hydrogen) atoms. The van der Waals surface area contributed by atoms with E-state index in [0.717, 1.165) is 11.1 Å². The maximum atomic E-state index is 12.2. The predicted molar refractivity (Wildman–Crippen MR) is 76.5 cm³/mol. The minimum atomic E-state index is -1.49. The van der Waals surface area contributed by atoms with Crippen LogP contribution in [0.2, 0.25) is 0 Å². The molecule has 0 aliphatic heterocycles. The maximum absolute atomic E-state index is 12.2. The third kappa shape index (κ3) is 3.38. The van der Waals surface area contributed by atoms with Gasteiger partial charge in [0.1, 0.15) is 0 Å². The highest BCUT2D eigenvalue weighted by molar-refractivity contribution is 5.99. The monoisotopic (exact) mass is 278 g/mol. The van der Waals surface area contributed by atoms with E-state index in [-0.39, 0.29) is 19.4 Å². The number of carboxylic acids is 1. The van der Waals surface area contributed by atoms with Crippen molar-refractivity contribution in [3.05, 3.63) is 35.4 Å². The third-order valence-corrected chi connectivity index (χ3v) is 3.51. The molecule has 1 rings (SSSR count). The van der Waals surface area contributed by atoms with Gasteiger partial charge in [0, 0.05) is 0 Å². The van der Waals surface area contributed by atoms with E-state index < -0.39 is 17.4 Å². The number of hydrogen-bond acceptors (Lipinski definition) is 3. The molecular weight excluding hydrogens is 256 g/mol. The van der Waals surface area contributed by atoms with Gasteiger partial charge in [0.05, 0.1) is 6.61 Å². The number of aliphatic carboxylic acids is 1. The van der Waals surface area contributed by atoms with Crippen molar-refractivity contribution in [3.63, 3.8) is 0 Å².